The fourth-order valence-electron chi connectivity index (χ4n) is 7.45. The zero-order chi connectivity index (χ0) is 32.9. The van der Waals surface area contributed by atoms with Crippen molar-refractivity contribution in [2.75, 3.05) is 34.7 Å². The lowest BCUT2D eigenvalue weighted by atomic mass is 9.68. The highest BCUT2D eigenvalue weighted by molar-refractivity contribution is 5.95. The molecule has 0 radical (unpaired) electrons. The molecule has 11 heteroatoms. The molecule has 11 nitrogen and oxygen atoms in total. The maximum atomic E-state index is 13.4. The minimum Gasteiger partial charge on any atom is -0.424 e. The van der Waals surface area contributed by atoms with E-state index in [1.807, 2.05) is 43.3 Å². The molecule has 1 saturated carbocycles. The first-order valence-electron chi connectivity index (χ1n) is 15.9. The Kier molecular flexibility index (Phi) is 8.19. The zero-order valence-electron chi connectivity index (χ0n) is 27.3. The van der Waals surface area contributed by atoms with Crippen LogP contribution in [0, 0.1) is 24.2 Å². The van der Waals surface area contributed by atoms with E-state index in [9.17, 15) is 19.6 Å². The summed E-state index contributed by atoms with van der Waals surface area (Å²) < 4.78 is 6.27. The van der Waals surface area contributed by atoms with Crippen LogP contribution in [0.2, 0.25) is 0 Å². The van der Waals surface area contributed by atoms with E-state index in [2.05, 4.69) is 21.6 Å². The summed E-state index contributed by atoms with van der Waals surface area (Å²) in [5.74, 6) is 1.04. The molecule has 1 N–H and O–H groups in total. The largest absolute Gasteiger partial charge is 0.424 e. The quantitative estimate of drug-likeness (QED) is 0.405. The molecule has 2 heterocycles. The molecule has 1 saturated heterocycles. The molecule has 0 unspecified atom stereocenters. The standard InChI is InChI=1S/C35H41N7O4/c1-20(37-19-31(43)42-27(18-36)15-26-16-30(26)42)17-35(34-39-38-21(2)46-34)28-11-9-24(32(44)40(3)4)13-22(28)7-8-23-14-25(10-12-29(23)35)33(45)41(5)6/h9-14,20,26-27,30,37H,7-8,15-17,19H2,1-6H3/t20-,26+,27-,30-/m0/s1. The van der Waals surface area contributed by atoms with Gasteiger partial charge in [0.25, 0.3) is 11.8 Å². The van der Waals surface area contributed by atoms with Crippen LogP contribution in [-0.2, 0) is 23.1 Å². The van der Waals surface area contributed by atoms with Crippen molar-refractivity contribution >= 4 is 17.7 Å². The van der Waals surface area contributed by atoms with Crippen LogP contribution in [0.3, 0.4) is 0 Å². The highest BCUT2D eigenvalue weighted by atomic mass is 16.4. The van der Waals surface area contributed by atoms with Crippen molar-refractivity contribution < 1.29 is 18.8 Å². The summed E-state index contributed by atoms with van der Waals surface area (Å²) >= 11 is 0. The normalized spacial score (nSPS) is 21.2. The molecule has 0 spiro atoms. The number of nitrogens with zero attached hydrogens (tertiary/aromatic N) is 6. The molecule has 46 heavy (non-hydrogen) atoms. The van der Waals surface area contributed by atoms with Gasteiger partial charge in [0.05, 0.1) is 12.6 Å². The van der Waals surface area contributed by atoms with Crippen LogP contribution in [0.15, 0.2) is 40.8 Å². The second-order valence-electron chi connectivity index (χ2n) is 13.4. The van der Waals surface area contributed by atoms with Gasteiger partial charge >= 0.3 is 0 Å². The number of amides is 3. The van der Waals surface area contributed by atoms with E-state index in [0.29, 0.717) is 48.1 Å². The third kappa shape index (κ3) is 5.45. The third-order valence-electron chi connectivity index (χ3n) is 9.75. The number of nitrogens with one attached hydrogen (secondary N) is 1. The Morgan fingerprint density at radius 3 is 2.09 bits per heavy atom. The van der Waals surface area contributed by atoms with Gasteiger partial charge in [0.1, 0.15) is 11.5 Å². The molecule has 3 aliphatic rings. The number of benzene rings is 2. The van der Waals surface area contributed by atoms with Crippen LogP contribution in [0.1, 0.15) is 80.9 Å². The highest BCUT2D eigenvalue weighted by Crippen LogP contribution is 2.49. The maximum Gasteiger partial charge on any atom is 0.253 e. The number of likely N-dealkylation sites (tertiary alicyclic amines) is 1. The summed E-state index contributed by atoms with van der Waals surface area (Å²) in [4.78, 5) is 44.3. The van der Waals surface area contributed by atoms with Crippen molar-refractivity contribution in [1.82, 2.24) is 30.2 Å². The predicted molar refractivity (Wildman–Crippen MR) is 170 cm³/mol. The molecule has 4 atom stereocenters. The van der Waals surface area contributed by atoms with Gasteiger partial charge in [0.2, 0.25) is 17.7 Å². The number of hydrogen-bond donors (Lipinski definition) is 1. The highest BCUT2D eigenvalue weighted by Gasteiger charge is 2.54. The summed E-state index contributed by atoms with van der Waals surface area (Å²) in [5.41, 5.74) is 4.09. The lowest BCUT2D eigenvalue weighted by Crippen LogP contribution is -2.46. The molecule has 2 fully saturated rings. The summed E-state index contributed by atoms with van der Waals surface area (Å²) in [5, 5.41) is 21.9. The number of fused-ring (bicyclic) bond motifs is 3. The van der Waals surface area contributed by atoms with Gasteiger partial charge in [-0.15, -0.1) is 10.2 Å². The predicted octanol–water partition coefficient (Wildman–Crippen LogP) is 3.10. The first-order valence-corrected chi connectivity index (χ1v) is 15.9. The van der Waals surface area contributed by atoms with Gasteiger partial charge in [0, 0.05) is 58.3 Å². The van der Waals surface area contributed by atoms with Crippen LogP contribution in [0.25, 0.3) is 0 Å². The minimum atomic E-state index is -0.943. The Labute approximate surface area is 269 Å². The molecule has 0 bridgehead atoms. The molecule has 2 aromatic carbocycles. The van der Waals surface area contributed by atoms with E-state index >= 15 is 0 Å². The Hall–Kier alpha value is -4.56. The van der Waals surface area contributed by atoms with Crippen molar-refractivity contribution in [2.45, 2.75) is 69.5 Å². The summed E-state index contributed by atoms with van der Waals surface area (Å²) in [6.07, 6.45) is 3.46. The van der Waals surface area contributed by atoms with Crippen molar-refractivity contribution in [3.63, 3.8) is 0 Å². The second kappa shape index (κ2) is 12.0. The first-order chi connectivity index (χ1) is 21.9. The number of nitriles is 1. The Bertz CT molecular complexity index is 1670. The zero-order valence-corrected chi connectivity index (χ0v) is 27.3. The molecule has 240 valence electrons. The van der Waals surface area contributed by atoms with Crippen molar-refractivity contribution in [3.8, 4) is 6.07 Å². The van der Waals surface area contributed by atoms with Crippen LogP contribution in [-0.4, -0.2) is 95.5 Å². The van der Waals surface area contributed by atoms with Crippen LogP contribution >= 0.6 is 0 Å². The van der Waals surface area contributed by atoms with Crippen molar-refractivity contribution in [2.24, 2.45) is 5.92 Å². The van der Waals surface area contributed by atoms with Crippen molar-refractivity contribution in [3.05, 3.63) is 81.6 Å². The van der Waals surface area contributed by atoms with Crippen LogP contribution < -0.4 is 5.32 Å². The number of aryl methyl sites for hydroxylation is 3. The molecule has 2 aliphatic carbocycles. The van der Waals surface area contributed by atoms with Gasteiger partial charge in [-0.3, -0.25) is 14.4 Å². The number of carbonyl (C=O) groups is 3. The Morgan fingerprint density at radius 1 is 1.00 bits per heavy atom. The van der Waals surface area contributed by atoms with Crippen LogP contribution in [0.5, 0.6) is 0 Å². The van der Waals surface area contributed by atoms with E-state index in [0.717, 1.165) is 35.1 Å². The maximum absolute atomic E-state index is 13.4. The minimum absolute atomic E-state index is 0.0635. The van der Waals surface area contributed by atoms with Gasteiger partial charge in [-0.25, -0.2) is 0 Å². The Morgan fingerprint density at radius 2 is 1.59 bits per heavy atom. The molecule has 3 aromatic rings. The van der Waals surface area contributed by atoms with Gasteiger partial charge < -0.3 is 24.4 Å². The smallest absolute Gasteiger partial charge is 0.253 e. The molecule has 1 aliphatic heterocycles. The summed E-state index contributed by atoms with van der Waals surface area (Å²) in [6, 6.07) is 13.5. The number of carbonyl (C=O) groups excluding carboxylic acids is 3. The van der Waals surface area contributed by atoms with Gasteiger partial charge in [-0.1, -0.05) is 12.1 Å². The van der Waals surface area contributed by atoms with E-state index in [-0.39, 0.29) is 42.4 Å². The van der Waals surface area contributed by atoms with E-state index in [1.165, 1.54) is 0 Å². The molecular weight excluding hydrogens is 582 g/mol. The number of hydrogen-bond acceptors (Lipinski definition) is 8. The third-order valence-corrected chi connectivity index (χ3v) is 9.75. The van der Waals surface area contributed by atoms with Gasteiger partial charge in [0.15, 0.2) is 0 Å². The van der Waals surface area contributed by atoms with Crippen LogP contribution in [0.4, 0.5) is 0 Å². The average molecular weight is 624 g/mol. The van der Waals surface area contributed by atoms with Crippen molar-refractivity contribution in [1.29, 1.82) is 5.26 Å². The second-order valence-corrected chi connectivity index (χ2v) is 13.4. The summed E-state index contributed by atoms with van der Waals surface area (Å²) in [6.45, 7) is 3.89. The molecule has 6 rings (SSSR count). The number of aromatic nitrogens is 2. The SMILES string of the molecule is Cc1nnc(C2(C[C@H](C)NCC(=O)N3[C@H](C#N)C[C@@H]4C[C@@H]43)c3ccc(C(=O)N(C)C)cc3CCc3cc(C(=O)N(C)C)ccc32)o1. The fraction of sp³-hybridized carbons (Fsp3) is 0.486. The number of rotatable bonds is 8. The fourth-order valence-corrected chi connectivity index (χ4v) is 7.45. The van der Waals surface area contributed by atoms with E-state index in [4.69, 9.17) is 4.42 Å². The Balaban J connectivity index is 1.44. The lowest BCUT2D eigenvalue weighted by Gasteiger charge is -2.36. The van der Waals surface area contributed by atoms with Gasteiger partial charge in [-0.05, 0) is 91.5 Å². The average Bonchev–Trinajstić information content (AvgIpc) is 3.53. The van der Waals surface area contributed by atoms with E-state index in [1.54, 1.807) is 49.8 Å². The van der Waals surface area contributed by atoms with E-state index < -0.39 is 5.41 Å². The monoisotopic (exact) mass is 623 g/mol. The number of piperidine rings is 1. The first kappa shape index (κ1) is 31.4. The molecule has 1 aromatic heterocycles. The summed E-state index contributed by atoms with van der Waals surface area (Å²) in [7, 11) is 6.94. The lowest BCUT2D eigenvalue weighted by molar-refractivity contribution is -0.131. The molecule has 3 amide bonds. The van der Waals surface area contributed by atoms with Gasteiger partial charge in [-0.2, -0.15) is 5.26 Å². The molecular formula is C35H41N7O4. The topological polar surface area (TPSA) is 136 Å².